The number of anilines is 1. The molecule has 1 saturated heterocycles. The number of aliphatic carboxylic acids is 1. The van der Waals surface area contributed by atoms with Crippen LogP contribution < -0.4 is 40.6 Å². The maximum Gasteiger partial charge on any atom is 1.00 e. The Hall–Kier alpha value is -1.16. The van der Waals surface area contributed by atoms with E-state index in [1.54, 1.807) is 10.9 Å². The Morgan fingerprint density at radius 2 is 2.23 bits per heavy atom. The molecule has 2 aromatic rings. The van der Waals surface area contributed by atoms with E-state index in [0.717, 1.165) is 4.34 Å². The molecule has 10 nitrogen and oxygen atoms in total. The second kappa shape index (κ2) is 9.97. The number of nitrogen functional groups attached to an aromatic ring is 1. The van der Waals surface area contributed by atoms with Gasteiger partial charge in [-0.05, 0) is 5.57 Å². The van der Waals surface area contributed by atoms with E-state index in [4.69, 9.17) is 5.73 Å². The summed E-state index contributed by atoms with van der Waals surface area (Å²) in [5.74, 6) is -1.07. The first-order valence-electron chi connectivity index (χ1n) is 8.22. The number of thiazole rings is 1. The van der Waals surface area contributed by atoms with Gasteiger partial charge in [0.25, 0.3) is 5.91 Å². The second-order valence-corrected chi connectivity index (χ2v) is 10.1. The Bertz CT molecular complexity index is 1000. The SMILES string of the molecule is Nc1nc(CC(=O)NC2C(=O)N3C(C(=O)O)=C(CSc4nncs4)CS[C@H]23)cs1.[H-].[Na+]. The van der Waals surface area contributed by atoms with Gasteiger partial charge >= 0.3 is 35.5 Å². The van der Waals surface area contributed by atoms with Crippen molar-refractivity contribution in [3.8, 4) is 0 Å². The van der Waals surface area contributed by atoms with Crippen molar-refractivity contribution in [1.82, 2.24) is 25.4 Å². The molecule has 30 heavy (non-hydrogen) atoms. The number of nitrogens with one attached hydrogen (secondary N) is 1. The van der Waals surface area contributed by atoms with E-state index in [1.807, 2.05) is 0 Å². The number of aromatic nitrogens is 3. The summed E-state index contributed by atoms with van der Waals surface area (Å²) in [5, 5.41) is 21.7. The van der Waals surface area contributed by atoms with Crippen molar-refractivity contribution in [1.29, 1.82) is 0 Å². The Morgan fingerprint density at radius 1 is 1.43 bits per heavy atom. The van der Waals surface area contributed by atoms with Crippen molar-refractivity contribution < 1.29 is 50.5 Å². The van der Waals surface area contributed by atoms with Gasteiger partial charge in [0.2, 0.25) is 5.91 Å². The van der Waals surface area contributed by atoms with Gasteiger partial charge in [0.1, 0.15) is 22.6 Å². The molecule has 2 atom stereocenters. The average Bonchev–Trinajstić information content (AvgIpc) is 3.35. The van der Waals surface area contributed by atoms with Gasteiger partial charge in [-0.25, -0.2) is 9.78 Å². The van der Waals surface area contributed by atoms with Crippen LogP contribution in [0, 0.1) is 0 Å². The fourth-order valence-corrected chi connectivity index (χ4v) is 6.50. The molecular weight excluding hydrogens is 479 g/mol. The summed E-state index contributed by atoms with van der Waals surface area (Å²) in [6.45, 7) is 0. The number of carboxylic acid groups (broad SMARTS) is 1. The number of carbonyl (C=O) groups is 3. The molecule has 4 heterocycles. The van der Waals surface area contributed by atoms with E-state index in [0.29, 0.717) is 27.9 Å². The van der Waals surface area contributed by atoms with Crippen molar-refractivity contribution >= 4 is 69.1 Å². The molecule has 0 radical (unpaired) electrons. The van der Waals surface area contributed by atoms with Gasteiger partial charge < -0.3 is 17.6 Å². The van der Waals surface area contributed by atoms with E-state index >= 15 is 0 Å². The van der Waals surface area contributed by atoms with Crippen LogP contribution in [0.1, 0.15) is 7.12 Å². The maximum atomic E-state index is 12.6. The van der Waals surface area contributed by atoms with Crippen molar-refractivity contribution in [2.45, 2.75) is 22.2 Å². The number of fused-ring (bicyclic) bond motifs is 1. The molecule has 4 rings (SSSR count). The normalized spacial score (nSPS) is 20.3. The third kappa shape index (κ3) is 4.84. The van der Waals surface area contributed by atoms with Gasteiger partial charge in [0.15, 0.2) is 9.47 Å². The predicted octanol–water partition coefficient (Wildman–Crippen LogP) is -2.23. The quantitative estimate of drug-likeness (QED) is 0.219. The van der Waals surface area contributed by atoms with E-state index in [1.165, 1.54) is 51.1 Å². The van der Waals surface area contributed by atoms with Crippen molar-refractivity contribution in [2.75, 3.05) is 17.2 Å². The first kappa shape index (κ1) is 23.5. The molecule has 0 aromatic carbocycles. The third-order valence-electron chi connectivity index (χ3n) is 4.19. The van der Waals surface area contributed by atoms with Gasteiger partial charge in [0.05, 0.1) is 12.1 Å². The maximum absolute atomic E-state index is 12.6. The molecule has 1 fully saturated rings. The van der Waals surface area contributed by atoms with E-state index in [-0.39, 0.29) is 49.0 Å². The number of hydrogen-bond donors (Lipinski definition) is 3. The Balaban J connectivity index is 0.00000171. The van der Waals surface area contributed by atoms with E-state index < -0.39 is 23.3 Å². The molecule has 1 unspecified atom stereocenters. The number of amides is 2. The van der Waals surface area contributed by atoms with Crippen molar-refractivity contribution in [3.63, 3.8) is 0 Å². The molecule has 2 aliphatic rings. The molecule has 4 N–H and O–H groups in total. The summed E-state index contributed by atoms with van der Waals surface area (Å²) in [6.07, 6.45) is 0.0141. The summed E-state index contributed by atoms with van der Waals surface area (Å²) in [6, 6.07) is -0.754. The summed E-state index contributed by atoms with van der Waals surface area (Å²) in [7, 11) is 0. The predicted molar refractivity (Wildman–Crippen MR) is 112 cm³/mol. The van der Waals surface area contributed by atoms with Crippen molar-refractivity contribution in [2.24, 2.45) is 0 Å². The summed E-state index contributed by atoms with van der Waals surface area (Å²) in [5.41, 5.74) is 8.34. The van der Waals surface area contributed by atoms with Crippen LogP contribution in [0.2, 0.25) is 0 Å². The summed E-state index contributed by atoms with van der Waals surface area (Å²) < 4.78 is 0.733. The van der Waals surface area contributed by atoms with E-state index in [9.17, 15) is 19.5 Å². The van der Waals surface area contributed by atoms with Crippen molar-refractivity contribution in [3.05, 3.63) is 27.9 Å². The van der Waals surface area contributed by atoms with Crippen LogP contribution in [0.15, 0.2) is 26.5 Å². The first-order valence-corrected chi connectivity index (χ1v) is 12.0. The Morgan fingerprint density at radius 3 is 2.87 bits per heavy atom. The molecule has 15 heteroatoms. The standard InChI is InChI=1S/C15H14N6O4S4.Na.H/c16-14-18-7(4-27-14)1-8(22)19-9-11(23)21-10(13(24)25)6(2-26-12(9)21)3-28-15-20-17-5-29-15;;/h4-5,9,12H,1-3H2,(H2,16,18)(H,19,22)(H,24,25);;/q;+1;-1/t9?,12-;;/m1../s1. The summed E-state index contributed by atoms with van der Waals surface area (Å²) in [4.78, 5) is 42.0. The van der Waals surface area contributed by atoms with Gasteiger partial charge in [-0.2, -0.15) is 0 Å². The molecule has 2 aromatic heterocycles. The second-order valence-electron chi connectivity index (χ2n) is 6.06. The Kier molecular flexibility index (Phi) is 7.81. The minimum atomic E-state index is -1.15. The number of nitrogens with zero attached hydrogens (tertiary/aromatic N) is 4. The number of thioether (sulfide) groups is 2. The number of carbonyl (C=O) groups excluding carboxylic acids is 2. The van der Waals surface area contributed by atoms with E-state index in [2.05, 4.69) is 20.5 Å². The van der Waals surface area contributed by atoms with Crippen LogP contribution in [0.3, 0.4) is 0 Å². The molecule has 2 amide bonds. The average molecular weight is 495 g/mol. The minimum Gasteiger partial charge on any atom is -1.00 e. The van der Waals surface area contributed by atoms with Crippen LogP contribution >= 0.6 is 46.2 Å². The largest absolute Gasteiger partial charge is 1.00 e. The van der Waals surface area contributed by atoms with Crippen LogP contribution in [0.5, 0.6) is 0 Å². The van der Waals surface area contributed by atoms with Crippen LogP contribution in [0.4, 0.5) is 5.13 Å². The smallest absolute Gasteiger partial charge is 1.00 e. The number of rotatable bonds is 7. The zero-order valence-corrected chi connectivity index (χ0v) is 20.9. The van der Waals surface area contributed by atoms with Crippen LogP contribution in [-0.2, 0) is 20.8 Å². The molecular formula is C15H15N6NaO4S4. The van der Waals surface area contributed by atoms with Crippen LogP contribution in [-0.4, -0.2) is 65.9 Å². The number of β-lactam (4-membered cyclic amide) rings is 1. The third-order valence-corrected chi connectivity index (χ3v) is 8.20. The first-order chi connectivity index (χ1) is 13.9. The monoisotopic (exact) mass is 494 g/mol. The molecule has 0 aliphatic carbocycles. The number of carboxylic acids is 1. The molecule has 154 valence electrons. The van der Waals surface area contributed by atoms with Gasteiger partial charge in [0, 0.05) is 16.9 Å². The zero-order valence-electron chi connectivity index (χ0n) is 16.6. The number of nitrogens with two attached hydrogens (primary N) is 1. The van der Waals surface area contributed by atoms with Gasteiger partial charge in [-0.3, -0.25) is 14.5 Å². The number of hydrogen-bond acceptors (Lipinski definition) is 11. The van der Waals surface area contributed by atoms with Gasteiger partial charge in [-0.1, -0.05) is 23.1 Å². The minimum absolute atomic E-state index is 0. The fourth-order valence-electron chi connectivity index (χ4n) is 2.96. The topological polar surface area (TPSA) is 151 Å². The van der Waals surface area contributed by atoms with Crippen LogP contribution in [0.25, 0.3) is 0 Å². The Labute approximate surface area is 210 Å². The molecule has 0 bridgehead atoms. The zero-order chi connectivity index (χ0) is 20.5. The van der Waals surface area contributed by atoms with Gasteiger partial charge in [-0.15, -0.1) is 33.3 Å². The molecule has 0 spiro atoms. The molecule has 0 saturated carbocycles. The molecule has 2 aliphatic heterocycles. The fraction of sp³-hybridized carbons (Fsp3) is 0.333. The summed E-state index contributed by atoms with van der Waals surface area (Å²) >= 11 is 5.43.